The lowest BCUT2D eigenvalue weighted by atomic mass is 10.1. The molecule has 1 aliphatic rings. The van der Waals surface area contributed by atoms with E-state index in [1.807, 2.05) is 46.5 Å². The largest absolute Gasteiger partial charge is 0.497 e. The van der Waals surface area contributed by atoms with E-state index < -0.39 is 5.97 Å². The van der Waals surface area contributed by atoms with E-state index in [4.69, 9.17) is 14.2 Å². The van der Waals surface area contributed by atoms with Gasteiger partial charge in [-0.05, 0) is 44.5 Å². The maximum absolute atomic E-state index is 12.6. The summed E-state index contributed by atoms with van der Waals surface area (Å²) in [6.07, 6.45) is 2.18. The van der Waals surface area contributed by atoms with Crippen molar-refractivity contribution in [3.05, 3.63) is 76.6 Å². The van der Waals surface area contributed by atoms with Crippen LogP contribution in [0.5, 0.6) is 11.5 Å². The van der Waals surface area contributed by atoms with Crippen LogP contribution in [-0.4, -0.2) is 39.0 Å². The number of fused-ring (bicyclic) bond motifs is 5. The molecule has 170 valence electrons. The van der Waals surface area contributed by atoms with Crippen molar-refractivity contribution in [2.75, 3.05) is 13.7 Å². The molecule has 8 heteroatoms. The van der Waals surface area contributed by atoms with Crippen LogP contribution in [0.2, 0.25) is 0 Å². The summed E-state index contributed by atoms with van der Waals surface area (Å²) in [6.45, 7) is 6.58. The highest BCUT2D eigenvalue weighted by Gasteiger charge is 2.29. The van der Waals surface area contributed by atoms with E-state index in [2.05, 4.69) is 23.1 Å². The SMILES string of the molecule is CCOC(=O)c1ncn2c1Cc1c(COc3ccc(C)cc3C)[nH]n1-c1cc(OC)ccc1-2. The third-order valence-electron chi connectivity index (χ3n) is 5.92. The molecule has 0 unspecified atom stereocenters. The highest BCUT2D eigenvalue weighted by atomic mass is 16.5. The van der Waals surface area contributed by atoms with E-state index in [-0.39, 0.29) is 0 Å². The predicted molar refractivity (Wildman–Crippen MR) is 123 cm³/mol. The summed E-state index contributed by atoms with van der Waals surface area (Å²) in [6, 6.07) is 12.0. The van der Waals surface area contributed by atoms with E-state index in [9.17, 15) is 4.79 Å². The van der Waals surface area contributed by atoms with Crippen LogP contribution in [0.4, 0.5) is 0 Å². The van der Waals surface area contributed by atoms with E-state index >= 15 is 0 Å². The minimum absolute atomic E-state index is 0.296. The molecule has 1 N–H and O–H groups in total. The van der Waals surface area contributed by atoms with Crippen LogP contribution in [0.25, 0.3) is 11.4 Å². The minimum Gasteiger partial charge on any atom is -0.497 e. The summed E-state index contributed by atoms with van der Waals surface area (Å²) in [5.41, 5.74) is 7.17. The predicted octanol–water partition coefficient (Wildman–Crippen LogP) is 4.28. The number of aromatic amines is 1. The first-order valence-corrected chi connectivity index (χ1v) is 10.9. The standard InChI is InChI=1S/C25H26N4O4/c1-5-32-25(30)24-22-12-20-18(13-33-23-9-6-15(2)10-16(23)3)27-29(20)21-11-17(31-4)7-8-19(21)28(22)14-26-24/h6-11,14,27H,5,12-13H2,1-4H3. The summed E-state index contributed by atoms with van der Waals surface area (Å²) >= 11 is 0. The Labute approximate surface area is 191 Å². The van der Waals surface area contributed by atoms with Crippen LogP contribution in [-0.2, 0) is 17.8 Å². The van der Waals surface area contributed by atoms with Crippen molar-refractivity contribution in [2.24, 2.45) is 0 Å². The summed E-state index contributed by atoms with van der Waals surface area (Å²) in [7, 11) is 1.64. The number of aryl methyl sites for hydroxylation is 2. The lowest BCUT2D eigenvalue weighted by Gasteiger charge is -2.23. The number of nitrogens with zero attached hydrogens (tertiary/aromatic N) is 3. The van der Waals surface area contributed by atoms with E-state index in [0.29, 0.717) is 25.3 Å². The number of methoxy groups -OCH3 is 1. The van der Waals surface area contributed by atoms with Gasteiger partial charge in [0.25, 0.3) is 0 Å². The van der Waals surface area contributed by atoms with Gasteiger partial charge >= 0.3 is 5.97 Å². The fraction of sp³-hybridized carbons (Fsp3) is 0.280. The molecule has 0 amide bonds. The zero-order chi connectivity index (χ0) is 23.1. The molecule has 3 heterocycles. The number of carbonyl (C=O) groups excluding carboxylic acids is 1. The second kappa shape index (κ2) is 8.20. The highest BCUT2D eigenvalue weighted by molar-refractivity contribution is 5.89. The fourth-order valence-corrected chi connectivity index (χ4v) is 4.26. The zero-order valence-electron chi connectivity index (χ0n) is 19.1. The van der Waals surface area contributed by atoms with Crippen LogP contribution in [0.1, 0.15) is 45.6 Å². The number of esters is 1. The molecule has 2 aromatic heterocycles. The molecular weight excluding hydrogens is 420 g/mol. The Morgan fingerprint density at radius 1 is 1.12 bits per heavy atom. The molecule has 0 aliphatic carbocycles. The van der Waals surface area contributed by atoms with Crippen LogP contribution in [0.15, 0.2) is 42.7 Å². The van der Waals surface area contributed by atoms with Crippen LogP contribution in [0.3, 0.4) is 0 Å². The summed E-state index contributed by atoms with van der Waals surface area (Å²) in [5, 5.41) is 3.41. The van der Waals surface area contributed by atoms with E-state index in [1.54, 1.807) is 20.4 Å². The Bertz CT molecular complexity index is 1340. The van der Waals surface area contributed by atoms with Gasteiger partial charge in [-0.1, -0.05) is 17.7 Å². The smallest absolute Gasteiger partial charge is 0.358 e. The molecule has 0 spiro atoms. The molecule has 33 heavy (non-hydrogen) atoms. The van der Waals surface area contributed by atoms with Gasteiger partial charge in [0.15, 0.2) is 5.69 Å². The number of hydrogen-bond acceptors (Lipinski definition) is 5. The highest BCUT2D eigenvalue weighted by Crippen LogP contribution is 2.34. The van der Waals surface area contributed by atoms with Gasteiger partial charge in [0.2, 0.25) is 0 Å². The van der Waals surface area contributed by atoms with Gasteiger partial charge in [-0.15, -0.1) is 0 Å². The summed E-state index contributed by atoms with van der Waals surface area (Å²) < 4.78 is 20.8. The van der Waals surface area contributed by atoms with Gasteiger partial charge in [-0.2, -0.15) is 0 Å². The van der Waals surface area contributed by atoms with Crippen molar-refractivity contribution in [2.45, 2.75) is 33.8 Å². The van der Waals surface area contributed by atoms with Gasteiger partial charge in [0.1, 0.15) is 24.4 Å². The molecule has 8 nitrogen and oxygen atoms in total. The number of hydrogen-bond donors (Lipinski definition) is 1. The van der Waals surface area contributed by atoms with Crippen LogP contribution in [0, 0.1) is 13.8 Å². The molecule has 1 aliphatic heterocycles. The first-order chi connectivity index (χ1) is 16.0. The second-order valence-corrected chi connectivity index (χ2v) is 8.09. The Hall–Kier alpha value is -3.94. The minimum atomic E-state index is -0.421. The van der Waals surface area contributed by atoms with E-state index in [1.165, 1.54) is 5.56 Å². The maximum atomic E-state index is 12.6. The van der Waals surface area contributed by atoms with Crippen molar-refractivity contribution in [3.63, 3.8) is 0 Å². The van der Waals surface area contributed by atoms with Gasteiger partial charge in [-0.25, -0.2) is 9.78 Å². The average Bonchev–Trinajstić information content (AvgIpc) is 3.17. The van der Waals surface area contributed by atoms with Crippen molar-refractivity contribution >= 4 is 5.97 Å². The number of rotatable bonds is 6. The molecular formula is C25H26N4O4. The molecule has 0 saturated carbocycles. The van der Waals surface area contributed by atoms with Crippen molar-refractivity contribution in [1.82, 2.24) is 19.3 Å². The Morgan fingerprint density at radius 2 is 1.97 bits per heavy atom. The number of H-pyrrole nitrogens is 1. The van der Waals surface area contributed by atoms with Crippen molar-refractivity contribution < 1.29 is 19.0 Å². The first kappa shape index (κ1) is 20.9. The number of aromatic nitrogens is 4. The summed E-state index contributed by atoms with van der Waals surface area (Å²) in [4.78, 5) is 17.0. The van der Waals surface area contributed by atoms with Gasteiger partial charge < -0.3 is 14.2 Å². The fourth-order valence-electron chi connectivity index (χ4n) is 4.26. The maximum Gasteiger partial charge on any atom is 0.358 e. The normalized spacial score (nSPS) is 11.9. The zero-order valence-corrected chi connectivity index (χ0v) is 19.1. The van der Waals surface area contributed by atoms with Crippen molar-refractivity contribution in [1.29, 1.82) is 0 Å². The monoisotopic (exact) mass is 446 g/mol. The molecule has 0 atom stereocenters. The van der Waals surface area contributed by atoms with Crippen molar-refractivity contribution in [3.8, 4) is 22.9 Å². The third kappa shape index (κ3) is 3.57. The molecule has 0 saturated heterocycles. The van der Waals surface area contributed by atoms with E-state index in [0.717, 1.165) is 45.5 Å². The number of imidazole rings is 1. The lowest BCUT2D eigenvalue weighted by Crippen LogP contribution is -2.22. The van der Waals surface area contributed by atoms with Crippen LogP contribution >= 0.6 is 0 Å². The number of carbonyl (C=O) groups is 1. The Morgan fingerprint density at radius 3 is 2.73 bits per heavy atom. The quantitative estimate of drug-likeness (QED) is 0.394. The van der Waals surface area contributed by atoms with Gasteiger partial charge in [0.05, 0.1) is 42.2 Å². The lowest BCUT2D eigenvalue weighted by molar-refractivity contribution is 0.0519. The third-order valence-corrected chi connectivity index (χ3v) is 5.92. The molecule has 0 radical (unpaired) electrons. The number of nitrogens with one attached hydrogen (secondary N) is 1. The molecule has 0 fully saturated rings. The second-order valence-electron chi connectivity index (χ2n) is 8.09. The molecule has 5 rings (SSSR count). The van der Waals surface area contributed by atoms with Gasteiger partial charge in [-0.3, -0.25) is 14.3 Å². The number of ether oxygens (including phenoxy) is 3. The molecule has 0 bridgehead atoms. The van der Waals surface area contributed by atoms with Gasteiger partial charge in [0, 0.05) is 12.5 Å². The molecule has 2 aromatic carbocycles. The Kier molecular flexibility index (Phi) is 5.20. The average molecular weight is 447 g/mol. The number of benzene rings is 2. The summed E-state index contributed by atoms with van der Waals surface area (Å²) in [5.74, 6) is 1.17. The first-order valence-electron chi connectivity index (χ1n) is 10.9. The van der Waals surface area contributed by atoms with Crippen LogP contribution < -0.4 is 9.47 Å². The Balaban J connectivity index is 1.55. The molecule has 4 aromatic rings. The topological polar surface area (TPSA) is 83.3 Å².